The summed E-state index contributed by atoms with van der Waals surface area (Å²) in [7, 11) is 0. The van der Waals surface area contributed by atoms with E-state index in [2.05, 4.69) is 4.98 Å². The Balaban J connectivity index is 1.80. The summed E-state index contributed by atoms with van der Waals surface area (Å²) >= 11 is 0. The number of halogens is 1. The van der Waals surface area contributed by atoms with Crippen LogP contribution >= 0.6 is 0 Å². The third-order valence-corrected chi connectivity index (χ3v) is 4.03. The van der Waals surface area contributed by atoms with Gasteiger partial charge in [-0.2, -0.15) is 5.26 Å². The number of benzene rings is 2. The first-order chi connectivity index (χ1) is 13.0. The summed E-state index contributed by atoms with van der Waals surface area (Å²) in [6.45, 7) is 1.99. The zero-order valence-electron chi connectivity index (χ0n) is 14.6. The summed E-state index contributed by atoms with van der Waals surface area (Å²) in [4.78, 5) is 15.6. The summed E-state index contributed by atoms with van der Waals surface area (Å²) in [5, 5.41) is 8.90. The summed E-state index contributed by atoms with van der Waals surface area (Å²) in [6, 6.07) is 13.0. The van der Waals surface area contributed by atoms with Crippen LogP contribution < -0.4 is 10.5 Å². The van der Waals surface area contributed by atoms with Crippen molar-refractivity contribution < 1.29 is 13.9 Å². The monoisotopic (exact) mass is 361 g/mol. The fraction of sp³-hybridized carbons (Fsp3) is 0.0952. The Hall–Kier alpha value is -3.72. The summed E-state index contributed by atoms with van der Waals surface area (Å²) in [6.07, 6.45) is 3.36. The van der Waals surface area contributed by atoms with Crippen LogP contribution in [0.1, 0.15) is 27.0 Å². The van der Waals surface area contributed by atoms with Crippen molar-refractivity contribution in [2.24, 2.45) is 5.73 Å². The number of hydrogen-bond acceptors (Lipinski definition) is 4. The van der Waals surface area contributed by atoms with Crippen molar-refractivity contribution in [3.63, 3.8) is 0 Å². The number of carbonyl (C=O) groups excluding carboxylic acids is 1. The Morgan fingerprint density at radius 1 is 1.19 bits per heavy atom. The molecule has 0 atom stereocenters. The van der Waals surface area contributed by atoms with Crippen LogP contribution in [0.5, 0.6) is 5.75 Å². The van der Waals surface area contributed by atoms with Crippen LogP contribution in [0.25, 0.3) is 11.1 Å². The first kappa shape index (κ1) is 18.1. The normalized spacial score (nSPS) is 10.3. The molecule has 0 fully saturated rings. The molecule has 1 amide bonds. The maximum atomic E-state index is 13.5. The molecule has 0 aliphatic carbocycles. The molecular weight excluding hydrogens is 345 g/mol. The van der Waals surface area contributed by atoms with Gasteiger partial charge >= 0.3 is 0 Å². The molecule has 0 radical (unpaired) electrons. The molecule has 0 saturated carbocycles. The Kier molecular flexibility index (Phi) is 5.13. The van der Waals surface area contributed by atoms with E-state index in [1.54, 1.807) is 24.5 Å². The van der Waals surface area contributed by atoms with E-state index in [1.807, 2.05) is 25.1 Å². The van der Waals surface area contributed by atoms with Crippen molar-refractivity contribution in [3.8, 4) is 22.9 Å². The third kappa shape index (κ3) is 4.28. The highest BCUT2D eigenvalue weighted by Gasteiger charge is 2.08. The van der Waals surface area contributed by atoms with E-state index < -0.39 is 11.7 Å². The van der Waals surface area contributed by atoms with Gasteiger partial charge in [0, 0.05) is 35.2 Å². The van der Waals surface area contributed by atoms with Gasteiger partial charge in [-0.05, 0) is 42.3 Å². The number of primary amides is 1. The first-order valence-electron chi connectivity index (χ1n) is 8.14. The van der Waals surface area contributed by atoms with Crippen LogP contribution in [-0.2, 0) is 6.61 Å². The number of hydrogen-bond donors (Lipinski definition) is 1. The minimum absolute atomic E-state index is 0.174. The number of nitriles is 1. The predicted octanol–water partition coefficient (Wildman–Crippen LogP) is 3.75. The molecule has 0 unspecified atom stereocenters. The van der Waals surface area contributed by atoms with Gasteiger partial charge in [-0.25, -0.2) is 4.39 Å². The van der Waals surface area contributed by atoms with E-state index in [4.69, 9.17) is 15.7 Å². The molecule has 3 aromatic rings. The fourth-order valence-corrected chi connectivity index (χ4v) is 2.72. The van der Waals surface area contributed by atoms with Crippen LogP contribution in [0.3, 0.4) is 0 Å². The van der Waals surface area contributed by atoms with E-state index in [0.717, 1.165) is 28.3 Å². The highest BCUT2D eigenvalue weighted by atomic mass is 19.1. The number of rotatable bonds is 5. The van der Waals surface area contributed by atoms with Gasteiger partial charge in [-0.15, -0.1) is 0 Å². The molecule has 0 saturated heterocycles. The minimum atomic E-state index is -0.527. The Morgan fingerprint density at radius 2 is 2.00 bits per heavy atom. The van der Waals surface area contributed by atoms with Gasteiger partial charge < -0.3 is 10.5 Å². The second-order valence-corrected chi connectivity index (χ2v) is 6.05. The standard InChI is InChI=1S/C21H16FN3O2/c1-13-4-16(2-3-20(13)21(24)26)17-5-15(10-25-11-17)12-27-19-7-14(9-23)6-18(22)8-19/h2-8,10-11H,12H2,1H3,(H2,24,26). The highest BCUT2D eigenvalue weighted by molar-refractivity contribution is 5.94. The number of amides is 1. The Morgan fingerprint density at radius 3 is 2.70 bits per heavy atom. The molecule has 0 aliphatic heterocycles. The first-order valence-corrected chi connectivity index (χ1v) is 8.14. The zero-order chi connectivity index (χ0) is 19.4. The number of ether oxygens (including phenoxy) is 1. The minimum Gasteiger partial charge on any atom is -0.489 e. The summed E-state index contributed by atoms with van der Waals surface area (Å²) in [5.74, 6) is -0.717. The number of aromatic nitrogens is 1. The maximum Gasteiger partial charge on any atom is 0.248 e. The molecule has 1 heterocycles. The zero-order valence-corrected chi connectivity index (χ0v) is 14.6. The molecule has 0 bridgehead atoms. The lowest BCUT2D eigenvalue weighted by Gasteiger charge is -2.09. The molecular formula is C21H16FN3O2. The van der Waals surface area contributed by atoms with E-state index in [-0.39, 0.29) is 17.9 Å². The van der Waals surface area contributed by atoms with Crippen LogP contribution in [0.15, 0.2) is 54.9 Å². The topological polar surface area (TPSA) is 89.0 Å². The van der Waals surface area contributed by atoms with Crippen molar-refractivity contribution in [2.45, 2.75) is 13.5 Å². The number of pyridine rings is 1. The summed E-state index contributed by atoms with van der Waals surface area (Å²) in [5.41, 5.74) is 9.33. The number of aryl methyl sites for hydroxylation is 1. The Bertz CT molecular complexity index is 1060. The molecule has 6 heteroatoms. The van der Waals surface area contributed by atoms with Crippen molar-refractivity contribution >= 4 is 5.91 Å². The van der Waals surface area contributed by atoms with Crippen LogP contribution in [0, 0.1) is 24.1 Å². The number of carbonyl (C=O) groups is 1. The van der Waals surface area contributed by atoms with Crippen LogP contribution in [0.2, 0.25) is 0 Å². The molecule has 1 aromatic heterocycles. The molecule has 5 nitrogen and oxygen atoms in total. The third-order valence-electron chi connectivity index (χ3n) is 4.03. The SMILES string of the molecule is Cc1cc(-c2cncc(COc3cc(F)cc(C#N)c3)c2)ccc1C(N)=O. The van der Waals surface area contributed by atoms with Gasteiger partial charge in [0.1, 0.15) is 18.2 Å². The average Bonchev–Trinajstić information content (AvgIpc) is 2.65. The molecule has 0 spiro atoms. The molecule has 2 aromatic carbocycles. The van der Waals surface area contributed by atoms with Gasteiger partial charge in [-0.1, -0.05) is 12.1 Å². The van der Waals surface area contributed by atoms with Gasteiger partial charge in [0.05, 0.1) is 11.6 Å². The van der Waals surface area contributed by atoms with Gasteiger partial charge in [0.15, 0.2) is 0 Å². The molecule has 0 aliphatic rings. The predicted molar refractivity (Wildman–Crippen MR) is 98.4 cm³/mol. The quantitative estimate of drug-likeness (QED) is 0.749. The average molecular weight is 361 g/mol. The van der Waals surface area contributed by atoms with E-state index >= 15 is 0 Å². The molecule has 2 N–H and O–H groups in total. The van der Waals surface area contributed by atoms with Crippen molar-refractivity contribution in [1.82, 2.24) is 4.98 Å². The van der Waals surface area contributed by atoms with Gasteiger partial charge in [-0.3, -0.25) is 9.78 Å². The van der Waals surface area contributed by atoms with E-state index in [0.29, 0.717) is 5.56 Å². The summed E-state index contributed by atoms with van der Waals surface area (Å²) < 4.78 is 19.1. The van der Waals surface area contributed by atoms with Gasteiger partial charge in [0.2, 0.25) is 5.91 Å². The number of nitrogens with zero attached hydrogens (tertiary/aromatic N) is 2. The fourth-order valence-electron chi connectivity index (χ4n) is 2.72. The van der Waals surface area contributed by atoms with Crippen molar-refractivity contribution in [2.75, 3.05) is 0 Å². The van der Waals surface area contributed by atoms with E-state index in [9.17, 15) is 9.18 Å². The van der Waals surface area contributed by atoms with Crippen LogP contribution in [0.4, 0.5) is 4.39 Å². The lowest BCUT2D eigenvalue weighted by atomic mass is 10.00. The lowest BCUT2D eigenvalue weighted by molar-refractivity contribution is 0.0999. The van der Waals surface area contributed by atoms with Crippen molar-refractivity contribution in [3.05, 3.63) is 82.9 Å². The van der Waals surface area contributed by atoms with Gasteiger partial charge in [0.25, 0.3) is 0 Å². The highest BCUT2D eigenvalue weighted by Crippen LogP contribution is 2.23. The molecule has 3 rings (SSSR count). The largest absolute Gasteiger partial charge is 0.489 e. The smallest absolute Gasteiger partial charge is 0.248 e. The maximum absolute atomic E-state index is 13.5. The van der Waals surface area contributed by atoms with Crippen LogP contribution in [-0.4, -0.2) is 10.9 Å². The molecule has 27 heavy (non-hydrogen) atoms. The second kappa shape index (κ2) is 7.67. The van der Waals surface area contributed by atoms with Crippen molar-refractivity contribution in [1.29, 1.82) is 5.26 Å². The lowest BCUT2D eigenvalue weighted by Crippen LogP contribution is -2.12. The Labute approximate surface area is 155 Å². The number of nitrogens with two attached hydrogens (primary N) is 1. The molecule has 134 valence electrons. The second-order valence-electron chi connectivity index (χ2n) is 6.05. The van der Waals surface area contributed by atoms with E-state index in [1.165, 1.54) is 12.1 Å².